The number of nitrogens with zero attached hydrogens (tertiary/aromatic N) is 1. The molecular weight excluding hydrogens is 386 g/mol. The monoisotopic (exact) mass is 403 g/mol. The summed E-state index contributed by atoms with van der Waals surface area (Å²) >= 11 is 6.18. The normalized spacial score (nSPS) is 10.5. The maximum Gasteiger partial charge on any atom is 0.335 e. The Morgan fingerprint density at radius 3 is 2.46 bits per heavy atom. The molecule has 0 radical (unpaired) electrons. The van der Waals surface area contributed by atoms with Gasteiger partial charge in [-0.15, -0.1) is 0 Å². The van der Waals surface area contributed by atoms with E-state index in [0.29, 0.717) is 22.9 Å². The molecule has 2 amide bonds. The number of rotatable bonds is 7. The van der Waals surface area contributed by atoms with E-state index in [9.17, 15) is 14.4 Å². The van der Waals surface area contributed by atoms with Crippen LogP contribution in [0.15, 0.2) is 47.6 Å². The number of benzene rings is 2. The van der Waals surface area contributed by atoms with E-state index in [4.69, 9.17) is 21.4 Å². The number of carboxylic acids is 1. The van der Waals surface area contributed by atoms with Gasteiger partial charge in [0.15, 0.2) is 0 Å². The van der Waals surface area contributed by atoms with E-state index in [-0.39, 0.29) is 12.2 Å². The van der Waals surface area contributed by atoms with Gasteiger partial charge in [-0.25, -0.2) is 10.2 Å². The van der Waals surface area contributed by atoms with Gasteiger partial charge >= 0.3 is 17.8 Å². The average molecular weight is 404 g/mol. The van der Waals surface area contributed by atoms with Gasteiger partial charge in [0, 0.05) is 6.54 Å². The molecule has 28 heavy (non-hydrogen) atoms. The van der Waals surface area contributed by atoms with Crippen LogP contribution in [0.1, 0.15) is 28.4 Å². The standard InChI is InChI=1S/C19H18ClN3O5/c1-2-21-17(24)18(25)23-22-10-13-5-8-16(15(20)9-13)28-11-12-3-6-14(7-4-12)19(26)27/h3-10H,2,11H2,1H3,(H,21,24)(H,23,25)(H,26,27)/b22-10-. The molecule has 0 aromatic heterocycles. The minimum absolute atomic E-state index is 0.199. The number of ether oxygens (including phenoxy) is 1. The molecule has 2 aromatic rings. The van der Waals surface area contributed by atoms with Gasteiger partial charge in [-0.3, -0.25) is 9.59 Å². The van der Waals surface area contributed by atoms with Crippen LogP contribution in [0.25, 0.3) is 0 Å². The van der Waals surface area contributed by atoms with Crippen molar-refractivity contribution in [2.24, 2.45) is 5.10 Å². The zero-order valence-electron chi connectivity index (χ0n) is 14.9. The highest BCUT2D eigenvalue weighted by Gasteiger charge is 2.10. The molecule has 3 N–H and O–H groups in total. The van der Waals surface area contributed by atoms with Gasteiger partial charge in [0.1, 0.15) is 12.4 Å². The molecule has 8 nitrogen and oxygen atoms in total. The van der Waals surface area contributed by atoms with E-state index >= 15 is 0 Å². The SMILES string of the molecule is CCNC(=O)C(=O)N/N=C\c1ccc(OCc2ccc(C(=O)O)cc2)c(Cl)c1. The molecule has 0 aliphatic heterocycles. The van der Waals surface area contributed by atoms with Gasteiger partial charge in [0.2, 0.25) is 0 Å². The fraction of sp³-hybridized carbons (Fsp3) is 0.158. The van der Waals surface area contributed by atoms with Crippen molar-refractivity contribution in [3.8, 4) is 5.75 Å². The van der Waals surface area contributed by atoms with Crippen molar-refractivity contribution in [3.05, 3.63) is 64.2 Å². The Bertz CT molecular complexity index is 897. The number of likely N-dealkylation sites (N-methyl/N-ethyl adjacent to an activating group) is 1. The van der Waals surface area contributed by atoms with Crippen molar-refractivity contribution in [2.75, 3.05) is 6.54 Å². The molecule has 0 saturated heterocycles. The zero-order valence-corrected chi connectivity index (χ0v) is 15.7. The lowest BCUT2D eigenvalue weighted by molar-refractivity contribution is -0.139. The molecule has 0 bridgehead atoms. The van der Waals surface area contributed by atoms with Gasteiger partial charge in [0.25, 0.3) is 0 Å². The lowest BCUT2D eigenvalue weighted by atomic mass is 10.1. The first kappa shape index (κ1) is 20.9. The lowest BCUT2D eigenvalue weighted by Crippen LogP contribution is -2.37. The van der Waals surface area contributed by atoms with Gasteiger partial charge in [-0.05, 0) is 48.4 Å². The third-order valence-electron chi connectivity index (χ3n) is 3.47. The smallest absolute Gasteiger partial charge is 0.335 e. The van der Waals surface area contributed by atoms with Crippen LogP contribution in [0.5, 0.6) is 5.75 Å². The molecule has 0 atom stereocenters. The summed E-state index contributed by atoms with van der Waals surface area (Å²) in [5.74, 6) is -2.18. The number of carbonyl (C=O) groups is 3. The van der Waals surface area contributed by atoms with E-state index in [0.717, 1.165) is 5.56 Å². The second-order valence-corrected chi connectivity index (χ2v) is 5.95. The number of aromatic carboxylic acids is 1. The summed E-state index contributed by atoms with van der Waals surface area (Å²) in [6.45, 7) is 2.26. The van der Waals surface area contributed by atoms with Crippen LogP contribution in [0, 0.1) is 0 Å². The molecule has 0 fully saturated rings. The average Bonchev–Trinajstić information content (AvgIpc) is 2.67. The molecule has 2 aromatic carbocycles. The predicted molar refractivity (Wildman–Crippen MR) is 104 cm³/mol. The summed E-state index contributed by atoms with van der Waals surface area (Å²) in [4.78, 5) is 33.5. The minimum atomic E-state index is -0.991. The second kappa shape index (κ2) is 10.1. The van der Waals surface area contributed by atoms with Crippen LogP contribution in [-0.4, -0.2) is 35.6 Å². The number of hydrogen-bond donors (Lipinski definition) is 3. The van der Waals surface area contributed by atoms with Crippen molar-refractivity contribution >= 4 is 35.6 Å². The van der Waals surface area contributed by atoms with E-state index < -0.39 is 17.8 Å². The highest BCUT2D eigenvalue weighted by Crippen LogP contribution is 2.25. The second-order valence-electron chi connectivity index (χ2n) is 5.54. The Balaban J connectivity index is 1.92. The number of nitrogens with one attached hydrogen (secondary N) is 2. The van der Waals surface area contributed by atoms with Crippen molar-refractivity contribution in [1.29, 1.82) is 0 Å². The molecule has 0 saturated carbocycles. The largest absolute Gasteiger partial charge is 0.487 e. The highest BCUT2D eigenvalue weighted by atomic mass is 35.5. The van der Waals surface area contributed by atoms with Crippen LogP contribution in [0.2, 0.25) is 5.02 Å². The topological polar surface area (TPSA) is 117 Å². The van der Waals surface area contributed by atoms with E-state index in [1.165, 1.54) is 18.3 Å². The fourth-order valence-electron chi connectivity index (χ4n) is 2.08. The summed E-state index contributed by atoms with van der Waals surface area (Å²) in [6.07, 6.45) is 1.34. The summed E-state index contributed by atoms with van der Waals surface area (Å²) in [5.41, 5.74) is 3.70. The number of amides is 2. The number of hydrazone groups is 1. The van der Waals surface area contributed by atoms with E-state index in [1.807, 2.05) is 0 Å². The first-order chi connectivity index (χ1) is 13.4. The van der Waals surface area contributed by atoms with Gasteiger partial charge in [-0.2, -0.15) is 5.10 Å². The molecule has 0 aliphatic carbocycles. The molecule has 146 valence electrons. The Hall–Kier alpha value is -3.39. The summed E-state index contributed by atoms with van der Waals surface area (Å²) in [5, 5.41) is 15.3. The van der Waals surface area contributed by atoms with Gasteiger partial charge in [0.05, 0.1) is 16.8 Å². The Labute approximate surface area is 166 Å². The first-order valence-corrected chi connectivity index (χ1v) is 8.64. The van der Waals surface area contributed by atoms with E-state index in [1.54, 1.807) is 37.3 Å². The number of carboxylic acid groups (broad SMARTS) is 1. The molecule has 2 rings (SSSR count). The molecule has 0 unspecified atom stereocenters. The summed E-state index contributed by atoms with van der Waals surface area (Å²) in [6, 6.07) is 11.2. The van der Waals surface area contributed by atoms with Crippen molar-refractivity contribution < 1.29 is 24.2 Å². The summed E-state index contributed by atoms with van der Waals surface area (Å²) in [7, 11) is 0. The van der Waals surface area contributed by atoms with E-state index in [2.05, 4.69) is 15.8 Å². The third-order valence-corrected chi connectivity index (χ3v) is 3.77. The fourth-order valence-corrected chi connectivity index (χ4v) is 2.32. The number of halogens is 1. The van der Waals surface area contributed by atoms with Crippen LogP contribution in [0.3, 0.4) is 0 Å². The van der Waals surface area contributed by atoms with Gasteiger partial charge in [-0.1, -0.05) is 23.7 Å². The van der Waals surface area contributed by atoms with Crippen LogP contribution < -0.4 is 15.5 Å². The molecule has 0 spiro atoms. The van der Waals surface area contributed by atoms with Crippen molar-refractivity contribution in [2.45, 2.75) is 13.5 Å². The lowest BCUT2D eigenvalue weighted by Gasteiger charge is -2.09. The first-order valence-electron chi connectivity index (χ1n) is 8.26. The summed E-state index contributed by atoms with van der Waals surface area (Å²) < 4.78 is 5.63. The Morgan fingerprint density at radius 1 is 1.14 bits per heavy atom. The Morgan fingerprint density at radius 2 is 1.86 bits per heavy atom. The van der Waals surface area contributed by atoms with Crippen LogP contribution in [0.4, 0.5) is 0 Å². The maximum atomic E-state index is 11.4. The highest BCUT2D eigenvalue weighted by molar-refractivity contribution is 6.35. The molecule has 9 heteroatoms. The van der Waals surface area contributed by atoms with Crippen LogP contribution in [-0.2, 0) is 16.2 Å². The molecule has 0 heterocycles. The third kappa shape index (κ3) is 6.10. The van der Waals surface area contributed by atoms with Crippen LogP contribution >= 0.6 is 11.6 Å². The molecule has 0 aliphatic rings. The number of hydrogen-bond acceptors (Lipinski definition) is 5. The van der Waals surface area contributed by atoms with Gasteiger partial charge < -0.3 is 15.2 Å². The predicted octanol–water partition coefficient (Wildman–Crippen LogP) is 2.20. The van der Waals surface area contributed by atoms with Crippen molar-refractivity contribution in [1.82, 2.24) is 10.7 Å². The zero-order chi connectivity index (χ0) is 20.5. The number of carbonyl (C=O) groups excluding carboxylic acids is 2. The minimum Gasteiger partial charge on any atom is -0.487 e. The quantitative estimate of drug-likeness (QED) is 0.372. The van der Waals surface area contributed by atoms with Crippen molar-refractivity contribution in [3.63, 3.8) is 0 Å². The maximum absolute atomic E-state index is 11.4. The molecular formula is C19H18ClN3O5. The Kier molecular flexibility index (Phi) is 7.53.